The van der Waals surface area contributed by atoms with Crippen molar-refractivity contribution in [2.75, 3.05) is 13.6 Å². The maximum Gasteiger partial charge on any atom is 0.269 e. The predicted octanol–water partition coefficient (Wildman–Crippen LogP) is 3.08. The van der Waals surface area contributed by atoms with Gasteiger partial charge >= 0.3 is 0 Å². The number of nitrogens with one attached hydrogen (secondary N) is 1. The monoisotopic (exact) mass is 511 g/mol. The van der Waals surface area contributed by atoms with Crippen LogP contribution in [0.3, 0.4) is 0 Å². The topological polar surface area (TPSA) is 104 Å². The van der Waals surface area contributed by atoms with Gasteiger partial charge in [0.25, 0.3) is 15.9 Å². The van der Waals surface area contributed by atoms with E-state index in [0.29, 0.717) is 15.6 Å². The van der Waals surface area contributed by atoms with Crippen LogP contribution >= 0.6 is 23.2 Å². The number of likely N-dealkylation sites (N-methyl/N-ethyl adjacent to an activating group) is 1. The van der Waals surface area contributed by atoms with Crippen LogP contribution < -0.4 is 5.32 Å². The molecule has 0 saturated carbocycles. The largest absolute Gasteiger partial charge is 0.357 e. The zero-order valence-electron chi connectivity index (χ0n) is 18.0. The van der Waals surface area contributed by atoms with Gasteiger partial charge in [-0.05, 0) is 43.2 Å². The van der Waals surface area contributed by atoms with Crippen LogP contribution in [0.2, 0.25) is 10.0 Å². The summed E-state index contributed by atoms with van der Waals surface area (Å²) in [6, 6.07) is 10.1. The van der Waals surface area contributed by atoms with Crippen LogP contribution in [0.25, 0.3) is 0 Å². The normalized spacial score (nSPS) is 15.2. The number of nitrogens with zero attached hydrogens (tertiary/aromatic N) is 2. The Morgan fingerprint density at radius 2 is 1.85 bits per heavy atom. The summed E-state index contributed by atoms with van der Waals surface area (Å²) in [4.78, 5) is 39.1. The van der Waals surface area contributed by atoms with Gasteiger partial charge in [0, 0.05) is 36.6 Å². The summed E-state index contributed by atoms with van der Waals surface area (Å²) < 4.78 is 26.1. The molecule has 176 valence electrons. The van der Waals surface area contributed by atoms with Crippen molar-refractivity contribution in [3.05, 3.63) is 63.6 Å². The van der Waals surface area contributed by atoms with Gasteiger partial charge in [-0.3, -0.25) is 14.4 Å². The molecule has 3 amide bonds. The van der Waals surface area contributed by atoms with Crippen molar-refractivity contribution in [3.8, 4) is 0 Å². The minimum Gasteiger partial charge on any atom is -0.357 e. The molecule has 0 unspecified atom stereocenters. The van der Waals surface area contributed by atoms with Gasteiger partial charge in [0.1, 0.15) is 10.9 Å². The summed E-state index contributed by atoms with van der Waals surface area (Å²) in [7, 11) is -2.47. The zero-order chi connectivity index (χ0) is 24.3. The molecule has 0 fully saturated rings. The van der Waals surface area contributed by atoms with Crippen molar-refractivity contribution in [2.24, 2.45) is 0 Å². The van der Waals surface area contributed by atoms with Gasteiger partial charge in [-0.1, -0.05) is 41.4 Å². The van der Waals surface area contributed by atoms with Crippen molar-refractivity contribution in [1.82, 2.24) is 14.5 Å². The molecule has 2 aromatic carbocycles. The lowest BCUT2D eigenvalue weighted by atomic mass is 10.1. The highest BCUT2D eigenvalue weighted by Gasteiger charge is 2.40. The third kappa shape index (κ3) is 5.15. The summed E-state index contributed by atoms with van der Waals surface area (Å²) in [5.74, 6) is -1.35. The fourth-order valence-corrected chi connectivity index (χ4v) is 5.67. The molecule has 8 nitrogen and oxygen atoms in total. The van der Waals surface area contributed by atoms with Gasteiger partial charge in [-0.2, -0.15) is 0 Å². The Labute approximate surface area is 202 Å². The van der Waals surface area contributed by atoms with Crippen molar-refractivity contribution in [1.29, 1.82) is 0 Å². The quantitative estimate of drug-likeness (QED) is 0.586. The molecule has 0 aromatic heterocycles. The van der Waals surface area contributed by atoms with Crippen LogP contribution in [-0.2, 0) is 26.2 Å². The minimum atomic E-state index is -3.94. The molecule has 0 aliphatic carbocycles. The summed E-state index contributed by atoms with van der Waals surface area (Å²) in [6.07, 6.45) is 0.0330. The number of hydrogen-bond donors (Lipinski definition) is 1. The Balaban J connectivity index is 1.72. The molecule has 11 heteroatoms. The van der Waals surface area contributed by atoms with Crippen molar-refractivity contribution in [2.45, 2.75) is 37.2 Å². The Hall–Kier alpha value is -2.62. The third-order valence-corrected chi connectivity index (χ3v) is 7.86. The average molecular weight is 512 g/mol. The van der Waals surface area contributed by atoms with Crippen LogP contribution in [0.1, 0.15) is 35.7 Å². The molecule has 3 rings (SSSR count). The summed E-state index contributed by atoms with van der Waals surface area (Å²) in [5, 5.41) is 3.32. The maximum atomic E-state index is 13.0. The average Bonchev–Trinajstić information content (AvgIpc) is 2.98. The number of sulfonamides is 1. The van der Waals surface area contributed by atoms with Crippen LogP contribution in [0.5, 0.6) is 0 Å². The zero-order valence-corrected chi connectivity index (χ0v) is 20.4. The van der Waals surface area contributed by atoms with E-state index >= 15 is 0 Å². The summed E-state index contributed by atoms with van der Waals surface area (Å²) in [5.41, 5.74) is 0.731. The Kier molecular flexibility index (Phi) is 7.66. The second-order valence-electron chi connectivity index (χ2n) is 7.53. The number of amides is 3. The molecule has 1 N–H and O–H groups in total. The molecule has 1 heterocycles. The fraction of sp³-hybridized carbons (Fsp3) is 0.318. The number of carbonyl (C=O) groups is 3. The van der Waals surface area contributed by atoms with Gasteiger partial charge in [0.2, 0.25) is 11.8 Å². The Bertz CT molecular complexity index is 1200. The van der Waals surface area contributed by atoms with Gasteiger partial charge in [0.05, 0.1) is 5.56 Å². The first kappa shape index (κ1) is 25.0. The highest BCUT2D eigenvalue weighted by molar-refractivity contribution is 7.90. The Morgan fingerprint density at radius 1 is 1.15 bits per heavy atom. The van der Waals surface area contributed by atoms with Crippen molar-refractivity contribution >= 4 is 50.9 Å². The van der Waals surface area contributed by atoms with Crippen LogP contribution in [0.4, 0.5) is 0 Å². The van der Waals surface area contributed by atoms with E-state index < -0.39 is 22.0 Å². The number of halogens is 2. The van der Waals surface area contributed by atoms with Crippen molar-refractivity contribution < 1.29 is 22.8 Å². The first-order valence-corrected chi connectivity index (χ1v) is 12.4. The molecule has 1 aliphatic rings. The maximum absolute atomic E-state index is 13.0. The second kappa shape index (κ2) is 10.1. The Morgan fingerprint density at radius 3 is 2.48 bits per heavy atom. The highest BCUT2D eigenvalue weighted by atomic mass is 35.5. The minimum absolute atomic E-state index is 0.0337. The van der Waals surface area contributed by atoms with E-state index in [1.807, 2.05) is 0 Å². The van der Waals surface area contributed by atoms with Crippen molar-refractivity contribution in [3.63, 3.8) is 0 Å². The van der Waals surface area contributed by atoms with E-state index in [2.05, 4.69) is 5.32 Å². The van der Waals surface area contributed by atoms with Crippen LogP contribution in [0, 0.1) is 0 Å². The van der Waals surface area contributed by atoms with Crippen LogP contribution in [0.15, 0.2) is 47.4 Å². The predicted molar refractivity (Wildman–Crippen MR) is 124 cm³/mol. The molecule has 2 aromatic rings. The fourth-order valence-electron chi connectivity index (χ4n) is 3.59. The SMILES string of the molecule is CNC(=O)[C@H](C)N(Cc1ccc(Cl)cc1Cl)C(=O)CCCN1C(=O)c2ccccc2S1(=O)=O. The lowest BCUT2D eigenvalue weighted by Gasteiger charge is -2.29. The molecular weight excluding hydrogens is 489 g/mol. The first-order valence-electron chi connectivity index (χ1n) is 10.2. The highest BCUT2D eigenvalue weighted by Crippen LogP contribution is 2.30. The number of benzene rings is 2. The van der Waals surface area contributed by atoms with E-state index in [-0.39, 0.29) is 48.2 Å². The first-order chi connectivity index (χ1) is 15.6. The summed E-state index contributed by atoms with van der Waals surface area (Å²) in [6.45, 7) is 1.51. The second-order valence-corrected chi connectivity index (χ2v) is 10.2. The molecule has 0 radical (unpaired) electrons. The van der Waals surface area contributed by atoms with Gasteiger partial charge in [-0.15, -0.1) is 0 Å². The summed E-state index contributed by atoms with van der Waals surface area (Å²) >= 11 is 12.2. The molecule has 33 heavy (non-hydrogen) atoms. The third-order valence-electron chi connectivity index (χ3n) is 5.43. The van der Waals surface area contributed by atoms with Gasteiger partial charge in [-0.25, -0.2) is 12.7 Å². The number of rotatable bonds is 8. The number of hydrogen-bond acceptors (Lipinski definition) is 5. The standard InChI is InChI=1S/C22H23Cl2N3O5S/c1-14(21(29)25-2)26(13-15-9-10-16(23)12-18(15)24)20(28)8-5-11-27-22(30)17-6-3-4-7-19(17)33(27,31)32/h3-4,6-7,9-10,12,14H,5,8,11,13H2,1-2H3,(H,25,29)/t14-/m0/s1. The molecule has 1 aliphatic heterocycles. The number of carbonyl (C=O) groups excluding carboxylic acids is 3. The molecule has 0 bridgehead atoms. The van der Waals surface area contributed by atoms with E-state index in [1.54, 1.807) is 37.3 Å². The molecule has 0 spiro atoms. The van der Waals surface area contributed by atoms with E-state index in [9.17, 15) is 22.8 Å². The lowest BCUT2D eigenvalue weighted by molar-refractivity contribution is -0.140. The molecule has 1 atom stereocenters. The van der Waals surface area contributed by atoms with Crippen LogP contribution in [-0.4, -0.2) is 55.0 Å². The smallest absolute Gasteiger partial charge is 0.269 e. The van der Waals surface area contributed by atoms with E-state index in [1.165, 1.54) is 24.1 Å². The number of fused-ring (bicyclic) bond motifs is 1. The van der Waals surface area contributed by atoms with E-state index in [0.717, 1.165) is 4.31 Å². The lowest BCUT2D eigenvalue weighted by Crippen LogP contribution is -2.46. The molecular formula is C22H23Cl2N3O5S. The van der Waals surface area contributed by atoms with Gasteiger partial charge < -0.3 is 10.2 Å². The van der Waals surface area contributed by atoms with E-state index in [4.69, 9.17) is 23.2 Å². The van der Waals surface area contributed by atoms with Gasteiger partial charge in [0.15, 0.2) is 0 Å². The molecule has 0 saturated heterocycles.